The van der Waals surface area contributed by atoms with E-state index in [-0.39, 0.29) is 0 Å². The molecular weight excluding hydrogens is 138 g/mol. The molecule has 0 saturated carbocycles. The van der Waals surface area contributed by atoms with Crippen LogP contribution in [0.3, 0.4) is 0 Å². The van der Waals surface area contributed by atoms with E-state index in [4.69, 9.17) is 0 Å². The molecule has 0 bridgehead atoms. The molecular formula is C9H5NO. The number of nitrogens with zero attached hydrogens (tertiary/aromatic N) is 1. The lowest BCUT2D eigenvalue weighted by atomic mass is 10.2. The molecule has 1 aromatic rings. The molecule has 0 fully saturated rings. The zero-order chi connectivity index (χ0) is 7.94. The molecule has 0 aromatic heterocycles. The normalized spacial score (nSPS) is 7.27. The Morgan fingerprint density at radius 2 is 1.91 bits per heavy atom. The summed E-state index contributed by atoms with van der Waals surface area (Å²) in [6.07, 6.45) is 1.34. The first-order valence-corrected chi connectivity index (χ1v) is 3.06. The third kappa shape index (κ3) is 2.49. The maximum absolute atomic E-state index is 9.60. The van der Waals surface area contributed by atoms with Crippen LogP contribution in [0.1, 0.15) is 5.56 Å². The summed E-state index contributed by atoms with van der Waals surface area (Å²) in [5, 5.41) is 0. The SMILES string of the molecule is O=C=NC#Cc1ccccc1. The van der Waals surface area contributed by atoms with Gasteiger partial charge in [0.1, 0.15) is 0 Å². The minimum Gasteiger partial charge on any atom is -0.210 e. The van der Waals surface area contributed by atoms with Gasteiger partial charge < -0.3 is 0 Å². The molecule has 0 heterocycles. The van der Waals surface area contributed by atoms with Crippen molar-refractivity contribution in [2.45, 2.75) is 0 Å². The van der Waals surface area contributed by atoms with Crippen molar-refractivity contribution in [2.75, 3.05) is 0 Å². The highest BCUT2D eigenvalue weighted by Gasteiger charge is 1.78. The first-order valence-electron chi connectivity index (χ1n) is 3.06. The van der Waals surface area contributed by atoms with Crippen molar-refractivity contribution in [3.63, 3.8) is 0 Å². The minimum absolute atomic E-state index is 0.839. The van der Waals surface area contributed by atoms with Gasteiger partial charge in [-0.3, -0.25) is 0 Å². The van der Waals surface area contributed by atoms with Crippen molar-refractivity contribution in [1.29, 1.82) is 0 Å². The number of isocyanates is 1. The van der Waals surface area contributed by atoms with E-state index in [1.807, 2.05) is 30.3 Å². The fourth-order valence-corrected chi connectivity index (χ4v) is 0.637. The predicted molar refractivity (Wildman–Crippen MR) is 41.4 cm³/mol. The van der Waals surface area contributed by atoms with Crippen LogP contribution in [0.4, 0.5) is 0 Å². The second-order valence-electron chi connectivity index (χ2n) is 1.81. The fourth-order valence-electron chi connectivity index (χ4n) is 0.637. The van der Waals surface area contributed by atoms with Gasteiger partial charge in [0.25, 0.3) is 0 Å². The van der Waals surface area contributed by atoms with Crippen LogP contribution in [0.25, 0.3) is 0 Å². The Morgan fingerprint density at radius 1 is 1.18 bits per heavy atom. The molecule has 0 N–H and O–H groups in total. The third-order valence-electron chi connectivity index (χ3n) is 1.08. The van der Waals surface area contributed by atoms with Crippen LogP contribution < -0.4 is 0 Å². The third-order valence-corrected chi connectivity index (χ3v) is 1.08. The number of hydrogen-bond donors (Lipinski definition) is 0. The van der Waals surface area contributed by atoms with Crippen molar-refractivity contribution in [3.8, 4) is 12.0 Å². The monoisotopic (exact) mass is 143 g/mol. The average molecular weight is 143 g/mol. The summed E-state index contributed by atoms with van der Waals surface area (Å²) in [6.45, 7) is 0. The lowest BCUT2D eigenvalue weighted by Gasteiger charge is -1.83. The molecule has 0 amide bonds. The molecule has 11 heavy (non-hydrogen) atoms. The molecule has 0 unspecified atom stereocenters. The van der Waals surface area contributed by atoms with Crippen LogP contribution in [0.5, 0.6) is 0 Å². The Morgan fingerprint density at radius 3 is 2.55 bits per heavy atom. The van der Waals surface area contributed by atoms with Crippen LogP contribution in [-0.4, -0.2) is 6.08 Å². The molecule has 0 aliphatic heterocycles. The molecule has 0 atom stereocenters. The minimum atomic E-state index is 0.839. The van der Waals surface area contributed by atoms with Crippen molar-refractivity contribution in [3.05, 3.63) is 35.9 Å². The number of aliphatic imine (C=N–C) groups is 1. The number of carbonyl (C=O) groups excluding carboxylic acids is 1. The quantitative estimate of drug-likeness (QED) is 0.306. The van der Waals surface area contributed by atoms with Gasteiger partial charge in [0.2, 0.25) is 6.08 Å². The summed E-state index contributed by atoms with van der Waals surface area (Å²) in [5.41, 5.74) is 0.839. The van der Waals surface area contributed by atoms with Gasteiger partial charge in [0, 0.05) is 5.56 Å². The summed E-state index contributed by atoms with van der Waals surface area (Å²) in [4.78, 5) is 12.7. The smallest absolute Gasteiger partial charge is 0.210 e. The standard InChI is InChI=1S/C9H5NO/c11-8-10-7-6-9-4-2-1-3-5-9/h1-5H. The topological polar surface area (TPSA) is 29.4 Å². The van der Waals surface area contributed by atoms with Gasteiger partial charge in [-0.05, 0) is 18.1 Å². The van der Waals surface area contributed by atoms with Gasteiger partial charge in [-0.2, -0.15) is 0 Å². The van der Waals surface area contributed by atoms with E-state index < -0.39 is 0 Å². The van der Waals surface area contributed by atoms with E-state index in [2.05, 4.69) is 17.0 Å². The molecule has 2 heteroatoms. The molecule has 52 valence electrons. The molecule has 0 aliphatic carbocycles. The molecule has 2 nitrogen and oxygen atoms in total. The highest BCUT2D eigenvalue weighted by atomic mass is 16.1. The number of benzene rings is 1. The predicted octanol–water partition coefficient (Wildman–Crippen LogP) is 1.33. The Kier molecular flexibility index (Phi) is 2.68. The van der Waals surface area contributed by atoms with Gasteiger partial charge >= 0.3 is 0 Å². The number of rotatable bonds is 0. The molecule has 0 saturated heterocycles. The Hall–Kier alpha value is -1.84. The molecule has 0 aliphatic rings. The molecule has 1 aromatic carbocycles. The second-order valence-corrected chi connectivity index (χ2v) is 1.81. The van der Waals surface area contributed by atoms with Crippen molar-refractivity contribution in [1.82, 2.24) is 0 Å². The van der Waals surface area contributed by atoms with E-state index in [1.54, 1.807) is 0 Å². The van der Waals surface area contributed by atoms with Crippen LogP contribution in [0.15, 0.2) is 35.3 Å². The zero-order valence-electron chi connectivity index (χ0n) is 5.74. The van der Waals surface area contributed by atoms with E-state index in [0.717, 1.165) is 5.56 Å². The summed E-state index contributed by atoms with van der Waals surface area (Å²) in [6, 6.07) is 11.6. The van der Waals surface area contributed by atoms with Gasteiger partial charge in [0.05, 0.1) is 6.04 Å². The van der Waals surface area contributed by atoms with Crippen LogP contribution in [-0.2, 0) is 4.79 Å². The van der Waals surface area contributed by atoms with Crippen LogP contribution >= 0.6 is 0 Å². The van der Waals surface area contributed by atoms with E-state index in [1.165, 1.54) is 6.08 Å². The van der Waals surface area contributed by atoms with Crippen LogP contribution in [0.2, 0.25) is 0 Å². The summed E-state index contributed by atoms with van der Waals surface area (Å²) in [5.74, 6) is 2.67. The maximum atomic E-state index is 9.60. The second kappa shape index (κ2) is 4.05. The van der Waals surface area contributed by atoms with E-state index in [9.17, 15) is 4.79 Å². The van der Waals surface area contributed by atoms with Gasteiger partial charge in [-0.25, -0.2) is 4.79 Å². The van der Waals surface area contributed by atoms with Crippen molar-refractivity contribution < 1.29 is 4.79 Å². The lowest BCUT2D eigenvalue weighted by molar-refractivity contribution is 0.565. The Labute approximate surface area is 64.6 Å². The first kappa shape index (κ1) is 7.27. The lowest BCUT2D eigenvalue weighted by Crippen LogP contribution is -1.68. The van der Waals surface area contributed by atoms with E-state index >= 15 is 0 Å². The first-order chi connectivity index (χ1) is 5.43. The summed E-state index contributed by atoms with van der Waals surface area (Å²) >= 11 is 0. The van der Waals surface area contributed by atoms with Gasteiger partial charge in [-0.15, -0.1) is 4.99 Å². The molecule has 0 spiro atoms. The largest absolute Gasteiger partial charge is 0.249 e. The van der Waals surface area contributed by atoms with Gasteiger partial charge in [-0.1, -0.05) is 18.2 Å². The zero-order valence-corrected chi connectivity index (χ0v) is 5.74. The van der Waals surface area contributed by atoms with Crippen LogP contribution in [0, 0.1) is 12.0 Å². The maximum Gasteiger partial charge on any atom is 0.249 e. The summed E-state index contributed by atoms with van der Waals surface area (Å²) < 4.78 is 0. The fraction of sp³-hybridized carbons (Fsp3) is 0. The molecule has 1 rings (SSSR count). The Balaban J connectivity index is 2.82. The van der Waals surface area contributed by atoms with Crippen molar-refractivity contribution in [2.24, 2.45) is 4.99 Å². The highest BCUT2D eigenvalue weighted by Crippen LogP contribution is 1.93. The highest BCUT2D eigenvalue weighted by molar-refractivity contribution is 5.39. The average Bonchev–Trinajstić information content (AvgIpc) is 2.07. The Bertz CT molecular complexity index is 326. The molecule has 0 radical (unpaired) electrons. The number of hydrogen-bond acceptors (Lipinski definition) is 2. The summed E-state index contributed by atoms with van der Waals surface area (Å²) in [7, 11) is 0. The van der Waals surface area contributed by atoms with Gasteiger partial charge in [0.15, 0.2) is 0 Å². The van der Waals surface area contributed by atoms with Crippen molar-refractivity contribution >= 4 is 6.08 Å². The van der Waals surface area contributed by atoms with E-state index in [0.29, 0.717) is 0 Å².